The van der Waals surface area contributed by atoms with Gasteiger partial charge in [0.15, 0.2) is 0 Å². The zero-order valence-electron chi connectivity index (χ0n) is 10.4. The lowest BCUT2D eigenvalue weighted by molar-refractivity contribution is -0.118. The average Bonchev–Trinajstić information content (AvgIpc) is 2.91. The van der Waals surface area contributed by atoms with Crippen molar-refractivity contribution in [3.63, 3.8) is 0 Å². The molecule has 2 rings (SSSR count). The highest BCUT2D eigenvalue weighted by atomic mass is 32.2. The molecule has 2 N–H and O–H groups in total. The van der Waals surface area contributed by atoms with Gasteiger partial charge in [-0.25, -0.2) is 13.8 Å². The van der Waals surface area contributed by atoms with Crippen LogP contribution in [0.3, 0.4) is 0 Å². The van der Waals surface area contributed by atoms with E-state index in [2.05, 4.69) is 20.5 Å². The number of thioether (sulfide) groups is 1. The summed E-state index contributed by atoms with van der Waals surface area (Å²) in [7, 11) is 0. The zero-order chi connectivity index (χ0) is 14.4. The highest BCUT2D eigenvalue weighted by Crippen LogP contribution is 2.21. The van der Waals surface area contributed by atoms with Crippen LogP contribution in [0.15, 0.2) is 29.4 Å². The van der Waals surface area contributed by atoms with Gasteiger partial charge in [0.1, 0.15) is 23.8 Å². The standard InChI is InChI=1S/C12H12F2N4OS/c13-8-1-2-10(9(14)5-8)20-6-12(19)15-4-3-11-16-7-17-18-11/h1-2,5,7H,3-4,6H2,(H,15,19)(H,16,17,18). The number of rotatable bonds is 6. The lowest BCUT2D eigenvalue weighted by Crippen LogP contribution is -2.27. The normalized spacial score (nSPS) is 10.5. The first-order chi connectivity index (χ1) is 9.65. The summed E-state index contributed by atoms with van der Waals surface area (Å²) in [6, 6.07) is 3.27. The van der Waals surface area contributed by atoms with E-state index in [-0.39, 0.29) is 16.6 Å². The number of H-pyrrole nitrogens is 1. The van der Waals surface area contributed by atoms with Crippen LogP contribution in [-0.4, -0.2) is 33.4 Å². The number of amides is 1. The summed E-state index contributed by atoms with van der Waals surface area (Å²) in [4.78, 5) is 15.7. The second-order valence-corrected chi connectivity index (χ2v) is 4.91. The van der Waals surface area contributed by atoms with E-state index in [0.717, 1.165) is 23.9 Å². The fourth-order valence-corrected chi connectivity index (χ4v) is 2.21. The monoisotopic (exact) mass is 298 g/mol. The molecule has 0 fully saturated rings. The third kappa shape index (κ3) is 4.30. The van der Waals surface area contributed by atoms with Crippen LogP contribution >= 0.6 is 11.8 Å². The molecule has 1 aromatic carbocycles. The number of carbonyl (C=O) groups is 1. The lowest BCUT2D eigenvalue weighted by Gasteiger charge is -2.05. The summed E-state index contributed by atoms with van der Waals surface area (Å²) in [5.74, 6) is -0.771. The lowest BCUT2D eigenvalue weighted by atomic mass is 10.3. The Hall–Kier alpha value is -1.96. The fourth-order valence-electron chi connectivity index (χ4n) is 1.46. The first kappa shape index (κ1) is 14.4. The fraction of sp³-hybridized carbons (Fsp3) is 0.250. The van der Waals surface area contributed by atoms with Crippen LogP contribution in [0.1, 0.15) is 5.82 Å². The number of nitrogens with zero attached hydrogens (tertiary/aromatic N) is 2. The number of halogens is 2. The molecule has 8 heteroatoms. The summed E-state index contributed by atoms with van der Waals surface area (Å²) >= 11 is 1.02. The van der Waals surface area contributed by atoms with E-state index in [0.29, 0.717) is 18.8 Å². The molecule has 0 spiro atoms. The molecule has 0 saturated heterocycles. The van der Waals surface area contributed by atoms with Crippen molar-refractivity contribution < 1.29 is 13.6 Å². The summed E-state index contributed by atoms with van der Waals surface area (Å²) in [5, 5.41) is 9.04. The Bertz CT molecular complexity index is 577. The molecular formula is C12H12F2N4OS. The molecule has 0 radical (unpaired) electrons. The number of aromatic nitrogens is 3. The number of aromatic amines is 1. The van der Waals surface area contributed by atoms with Gasteiger partial charge in [-0.2, -0.15) is 5.10 Å². The maximum atomic E-state index is 13.3. The molecule has 0 saturated carbocycles. The summed E-state index contributed by atoms with van der Waals surface area (Å²) in [6.45, 7) is 0.417. The average molecular weight is 298 g/mol. The van der Waals surface area contributed by atoms with Gasteiger partial charge in [0.05, 0.1) is 5.75 Å². The van der Waals surface area contributed by atoms with E-state index in [1.54, 1.807) is 0 Å². The van der Waals surface area contributed by atoms with Crippen molar-refractivity contribution in [2.24, 2.45) is 0 Å². The third-order valence-corrected chi connectivity index (χ3v) is 3.45. The topological polar surface area (TPSA) is 70.7 Å². The molecule has 0 aliphatic carbocycles. The van der Waals surface area contributed by atoms with Crippen molar-refractivity contribution in [2.75, 3.05) is 12.3 Å². The van der Waals surface area contributed by atoms with Gasteiger partial charge in [-0.1, -0.05) is 0 Å². The highest BCUT2D eigenvalue weighted by molar-refractivity contribution is 8.00. The van der Waals surface area contributed by atoms with Gasteiger partial charge in [-0.3, -0.25) is 9.89 Å². The van der Waals surface area contributed by atoms with Gasteiger partial charge in [0.2, 0.25) is 5.91 Å². The van der Waals surface area contributed by atoms with Gasteiger partial charge in [0.25, 0.3) is 0 Å². The van der Waals surface area contributed by atoms with E-state index in [1.807, 2.05) is 0 Å². The molecule has 0 atom stereocenters. The molecule has 1 aromatic heterocycles. The van der Waals surface area contributed by atoms with Crippen LogP contribution in [0.25, 0.3) is 0 Å². The molecule has 0 bridgehead atoms. The van der Waals surface area contributed by atoms with E-state index in [1.165, 1.54) is 12.4 Å². The number of hydrogen-bond donors (Lipinski definition) is 2. The quantitative estimate of drug-likeness (QED) is 0.794. The summed E-state index contributed by atoms with van der Waals surface area (Å²) in [5.41, 5.74) is 0. The number of benzene rings is 1. The van der Waals surface area contributed by atoms with Crippen molar-refractivity contribution in [3.05, 3.63) is 42.0 Å². The highest BCUT2D eigenvalue weighted by Gasteiger charge is 2.07. The largest absolute Gasteiger partial charge is 0.355 e. The van der Waals surface area contributed by atoms with Crippen LogP contribution in [0, 0.1) is 11.6 Å². The summed E-state index contributed by atoms with van der Waals surface area (Å²) in [6.07, 6.45) is 1.94. The zero-order valence-corrected chi connectivity index (χ0v) is 11.2. The first-order valence-corrected chi connectivity index (χ1v) is 6.82. The van der Waals surface area contributed by atoms with Gasteiger partial charge in [-0.15, -0.1) is 11.8 Å². The van der Waals surface area contributed by atoms with Crippen molar-refractivity contribution >= 4 is 17.7 Å². The van der Waals surface area contributed by atoms with Crippen molar-refractivity contribution in [2.45, 2.75) is 11.3 Å². The van der Waals surface area contributed by atoms with Crippen molar-refractivity contribution in [3.8, 4) is 0 Å². The van der Waals surface area contributed by atoms with Gasteiger partial charge in [-0.05, 0) is 12.1 Å². The van der Waals surface area contributed by atoms with Crippen molar-refractivity contribution in [1.82, 2.24) is 20.5 Å². The van der Waals surface area contributed by atoms with Crippen LogP contribution in [-0.2, 0) is 11.2 Å². The van der Waals surface area contributed by atoms with Crippen LogP contribution in [0.4, 0.5) is 8.78 Å². The molecule has 1 amide bonds. The maximum absolute atomic E-state index is 13.3. The van der Waals surface area contributed by atoms with Crippen LogP contribution in [0.5, 0.6) is 0 Å². The molecule has 0 aliphatic heterocycles. The Balaban J connectivity index is 1.72. The minimum atomic E-state index is -0.663. The molecule has 0 unspecified atom stereocenters. The third-order valence-electron chi connectivity index (χ3n) is 2.40. The summed E-state index contributed by atoms with van der Waals surface area (Å²) < 4.78 is 26.0. The van der Waals surface area contributed by atoms with E-state index in [4.69, 9.17) is 0 Å². The second-order valence-electron chi connectivity index (χ2n) is 3.90. The molecule has 106 valence electrons. The SMILES string of the molecule is O=C(CSc1ccc(F)cc1F)NCCc1ncn[nH]1. The maximum Gasteiger partial charge on any atom is 0.230 e. The number of carbonyl (C=O) groups excluding carboxylic acids is 1. The Kier molecular flexibility index (Phi) is 5.05. The molecular weight excluding hydrogens is 286 g/mol. The van der Waals surface area contributed by atoms with Gasteiger partial charge in [0, 0.05) is 23.9 Å². The molecule has 5 nitrogen and oxygen atoms in total. The number of hydrogen-bond acceptors (Lipinski definition) is 4. The van der Waals surface area contributed by atoms with Gasteiger partial charge >= 0.3 is 0 Å². The predicted octanol–water partition coefficient (Wildman–Crippen LogP) is 1.53. The van der Waals surface area contributed by atoms with E-state index >= 15 is 0 Å². The Morgan fingerprint density at radius 1 is 1.40 bits per heavy atom. The van der Waals surface area contributed by atoms with E-state index < -0.39 is 11.6 Å². The molecule has 20 heavy (non-hydrogen) atoms. The van der Waals surface area contributed by atoms with Crippen LogP contribution in [0.2, 0.25) is 0 Å². The van der Waals surface area contributed by atoms with E-state index in [9.17, 15) is 13.6 Å². The Morgan fingerprint density at radius 2 is 2.25 bits per heavy atom. The van der Waals surface area contributed by atoms with Crippen molar-refractivity contribution in [1.29, 1.82) is 0 Å². The molecule has 0 aliphatic rings. The predicted molar refractivity (Wildman–Crippen MR) is 70.2 cm³/mol. The Labute approximate surface area is 118 Å². The smallest absolute Gasteiger partial charge is 0.230 e. The van der Waals surface area contributed by atoms with Crippen LogP contribution < -0.4 is 5.32 Å². The second kappa shape index (κ2) is 6.99. The Morgan fingerprint density at radius 3 is 2.95 bits per heavy atom. The van der Waals surface area contributed by atoms with Gasteiger partial charge < -0.3 is 5.32 Å². The molecule has 1 heterocycles. The minimum absolute atomic E-state index is 0.0684. The first-order valence-electron chi connectivity index (χ1n) is 5.84. The minimum Gasteiger partial charge on any atom is -0.355 e. The molecule has 2 aromatic rings. The number of nitrogens with one attached hydrogen (secondary N) is 2.